The first-order chi connectivity index (χ1) is 5.77. The van der Waals surface area contributed by atoms with Crippen molar-refractivity contribution in [3.05, 3.63) is 0 Å². The largest absolute Gasteiger partial charge is 0.316 e. The van der Waals surface area contributed by atoms with Gasteiger partial charge in [0.2, 0.25) is 0 Å². The molecular weight excluding hydrogens is 150 g/mol. The number of Topliss-reactive ketones (excluding diaryl/α,β-unsaturated/α-hetero) is 1. The molecule has 1 heterocycles. The van der Waals surface area contributed by atoms with Crippen molar-refractivity contribution < 1.29 is 4.79 Å². The average Bonchev–Trinajstić information content (AvgIpc) is 2.72. The first-order valence-electron chi connectivity index (χ1n) is 5.01. The van der Waals surface area contributed by atoms with E-state index in [1.807, 2.05) is 0 Å². The van der Waals surface area contributed by atoms with Crippen LogP contribution in [0.3, 0.4) is 0 Å². The number of carbonyl (C=O) groups excluding carboxylic acids is 1. The molecule has 2 rings (SSSR count). The van der Waals surface area contributed by atoms with Crippen LogP contribution >= 0.6 is 0 Å². The van der Waals surface area contributed by atoms with Gasteiger partial charge in [-0.25, -0.2) is 0 Å². The Labute approximate surface area is 73.7 Å². The second kappa shape index (κ2) is 3.17. The number of rotatable bonds is 3. The molecule has 12 heavy (non-hydrogen) atoms. The van der Waals surface area contributed by atoms with Gasteiger partial charge in [-0.2, -0.15) is 0 Å². The molecule has 1 saturated heterocycles. The first kappa shape index (κ1) is 8.24. The number of nitrogens with one attached hydrogen (secondary N) is 1. The Morgan fingerprint density at radius 3 is 2.67 bits per heavy atom. The van der Waals surface area contributed by atoms with E-state index in [-0.39, 0.29) is 0 Å². The molecule has 2 fully saturated rings. The summed E-state index contributed by atoms with van der Waals surface area (Å²) in [6, 6.07) is 0. The van der Waals surface area contributed by atoms with Gasteiger partial charge >= 0.3 is 0 Å². The summed E-state index contributed by atoms with van der Waals surface area (Å²) in [6.45, 7) is 4.13. The molecule has 1 aliphatic heterocycles. The fourth-order valence-electron chi connectivity index (χ4n) is 2.00. The van der Waals surface area contributed by atoms with Crippen LogP contribution in [0.15, 0.2) is 0 Å². The highest BCUT2D eigenvalue weighted by Crippen LogP contribution is 2.34. The summed E-state index contributed by atoms with van der Waals surface area (Å²) >= 11 is 0. The molecule has 2 atom stereocenters. The van der Waals surface area contributed by atoms with Gasteiger partial charge in [0.25, 0.3) is 0 Å². The Balaban J connectivity index is 1.84. The van der Waals surface area contributed by atoms with Gasteiger partial charge in [0, 0.05) is 18.9 Å². The third-order valence-corrected chi connectivity index (χ3v) is 3.12. The highest BCUT2D eigenvalue weighted by atomic mass is 16.1. The van der Waals surface area contributed by atoms with E-state index in [9.17, 15) is 4.79 Å². The molecule has 0 spiro atoms. The molecule has 2 unspecified atom stereocenters. The lowest BCUT2D eigenvalue weighted by Crippen LogP contribution is -2.21. The summed E-state index contributed by atoms with van der Waals surface area (Å²) in [7, 11) is 0. The van der Waals surface area contributed by atoms with Gasteiger partial charge in [-0.3, -0.25) is 4.79 Å². The summed E-state index contributed by atoms with van der Waals surface area (Å²) in [5.41, 5.74) is 0. The second-order valence-corrected chi connectivity index (χ2v) is 4.36. The van der Waals surface area contributed by atoms with Crippen LogP contribution in [-0.2, 0) is 4.79 Å². The normalized spacial score (nSPS) is 35.4. The maximum absolute atomic E-state index is 11.7. The molecule has 1 aliphatic carbocycles. The highest BCUT2D eigenvalue weighted by molar-refractivity contribution is 5.82. The van der Waals surface area contributed by atoms with Gasteiger partial charge < -0.3 is 5.32 Å². The zero-order valence-electron chi connectivity index (χ0n) is 7.68. The average molecular weight is 167 g/mol. The topological polar surface area (TPSA) is 29.1 Å². The molecule has 0 aromatic heterocycles. The van der Waals surface area contributed by atoms with Gasteiger partial charge in [0.15, 0.2) is 0 Å². The van der Waals surface area contributed by atoms with Crippen molar-refractivity contribution in [3.63, 3.8) is 0 Å². The molecule has 2 heteroatoms. The van der Waals surface area contributed by atoms with E-state index in [4.69, 9.17) is 0 Å². The van der Waals surface area contributed by atoms with Gasteiger partial charge in [-0.05, 0) is 31.2 Å². The standard InChI is InChI=1S/C10H17NO/c1-7-5-11-6-9(7)10(12)4-8-2-3-8/h7-9,11H,2-6H2,1H3. The predicted molar refractivity (Wildman–Crippen MR) is 47.9 cm³/mol. The fraction of sp³-hybridized carbons (Fsp3) is 0.900. The van der Waals surface area contributed by atoms with E-state index in [0.29, 0.717) is 17.6 Å². The van der Waals surface area contributed by atoms with E-state index in [2.05, 4.69) is 12.2 Å². The van der Waals surface area contributed by atoms with Crippen LogP contribution in [0, 0.1) is 17.8 Å². The third kappa shape index (κ3) is 1.69. The molecule has 0 aromatic carbocycles. The maximum Gasteiger partial charge on any atom is 0.137 e. The molecule has 2 nitrogen and oxygen atoms in total. The molecule has 0 amide bonds. The van der Waals surface area contributed by atoms with Gasteiger partial charge in [-0.15, -0.1) is 0 Å². The summed E-state index contributed by atoms with van der Waals surface area (Å²) in [6.07, 6.45) is 3.44. The van der Waals surface area contributed by atoms with E-state index in [1.54, 1.807) is 0 Å². The zero-order valence-corrected chi connectivity index (χ0v) is 7.68. The summed E-state index contributed by atoms with van der Waals surface area (Å²) in [4.78, 5) is 11.7. The molecule has 2 aliphatic rings. The Bertz CT molecular complexity index is 186. The van der Waals surface area contributed by atoms with Gasteiger partial charge in [-0.1, -0.05) is 6.92 Å². The third-order valence-electron chi connectivity index (χ3n) is 3.12. The minimum atomic E-state index is 0.325. The zero-order chi connectivity index (χ0) is 8.55. The van der Waals surface area contributed by atoms with Crippen LogP contribution in [0.1, 0.15) is 26.2 Å². The Hall–Kier alpha value is -0.370. The summed E-state index contributed by atoms with van der Waals surface area (Å²) in [5, 5.41) is 3.28. The molecule has 0 bridgehead atoms. The maximum atomic E-state index is 11.7. The summed E-state index contributed by atoms with van der Waals surface area (Å²) in [5.74, 6) is 2.15. The van der Waals surface area contributed by atoms with Crippen molar-refractivity contribution in [1.29, 1.82) is 0 Å². The van der Waals surface area contributed by atoms with Crippen molar-refractivity contribution in [3.8, 4) is 0 Å². The monoisotopic (exact) mass is 167 g/mol. The van der Waals surface area contributed by atoms with Crippen LogP contribution in [0.5, 0.6) is 0 Å². The van der Waals surface area contributed by atoms with Gasteiger partial charge in [0.05, 0.1) is 0 Å². The van der Waals surface area contributed by atoms with E-state index < -0.39 is 0 Å². The van der Waals surface area contributed by atoms with Crippen molar-refractivity contribution in [1.82, 2.24) is 5.32 Å². The van der Waals surface area contributed by atoms with Crippen LogP contribution in [0.2, 0.25) is 0 Å². The van der Waals surface area contributed by atoms with Crippen molar-refractivity contribution in [2.24, 2.45) is 17.8 Å². The number of hydrogen-bond donors (Lipinski definition) is 1. The molecular formula is C10H17NO. The van der Waals surface area contributed by atoms with Crippen LogP contribution < -0.4 is 5.32 Å². The van der Waals surface area contributed by atoms with Crippen LogP contribution in [-0.4, -0.2) is 18.9 Å². The Morgan fingerprint density at radius 1 is 1.42 bits per heavy atom. The summed E-state index contributed by atoms with van der Waals surface area (Å²) < 4.78 is 0. The second-order valence-electron chi connectivity index (χ2n) is 4.36. The molecule has 68 valence electrons. The highest BCUT2D eigenvalue weighted by Gasteiger charge is 2.33. The smallest absolute Gasteiger partial charge is 0.137 e. The predicted octanol–water partition coefficient (Wildman–Crippen LogP) is 1.21. The van der Waals surface area contributed by atoms with Crippen molar-refractivity contribution in [2.75, 3.05) is 13.1 Å². The van der Waals surface area contributed by atoms with Crippen LogP contribution in [0.4, 0.5) is 0 Å². The first-order valence-corrected chi connectivity index (χ1v) is 5.01. The molecule has 0 aromatic rings. The quantitative estimate of drug-likeness (QED) is 0.684. The van der Waals surface area contributed by atoms with E-state index in [1.165, 1.54) is 12.8 Å². The lowest BCUT2D eigenvalue weighted by Gasteiger charge is -2.11. The minimum absolute atomic E-state index is 0.325. The van der Waals surface area contributed by atoms with Crippen molar-refractivity contribution in [2.45, 2.75) is 26.2 Å². The SMILES string of the molecule is CC1CNCC1C(=O)CC1CC1. The molecule has 0 radical (unpaired) electrons. The lowest BCUT2D eigenvalue weighted by atomic mass is 9.91. The van der Waals surface area contributed by atoms with Gasteiger partial charge in [0.1, 0.15) is 5.78 Å². The fourth-order valence-corrected chi connectivity index (χ4v) is 2.00. The minimum Gasteiger partial charge on any atom is -0.316 e. The van der Waals surface area contributed by atoms with Crippen molar-refractivity contribution >= 4 is 5.78 Å². The molecule has 1 saturated carbocycles. The van der Waals surface area contributed by atoms with Crippen LogP contribution in [0.25, 0.3) is 0 Å². The van der Waals surface area contributed by atoms with E-state index >= 15 is 0 Å². The Morgan fingerprint density at radius 2 is 2.17 bits per heavy atom. The van der Waals surface area contributed by atoms with E-state index in [0.717, 1.165) is 25.4 Å². The number of hydrogen-bond acceptors (Lipinski definition) is 2. The lowest BCUT2D eigenvalue weighted by molar-refractivity contribution is -0.123. The molecule has 1 N–H and O–H groups in total. The number of carbonyl (C=O) groups is 1. The number of ketones is 1. The Kier molecular flexibility index (Phi) is 2.18.